The highest BCUT2D eigenvalue weighted by Gasteiger charge is 2.46. The molecule has 1 unspecified atom stereocenters. The molecule has 1 amide bonds. The molecule has 7 heteroatoms. The number of nitrogens with one attached hydrogen (secondary N) is 1. The smallest absolute Gasteiger partial charge is 0.264 e. The Morgan fingerprint density at radius 3 is 2.57 bits per heavy atom. The van der Waals surface area contributed by atoms with E-state index in [0.29, 0.717) is 28.6 Å². The molecule has 1 aliphatic carbocycles. The Hall–Kier alpha value is -1.89. The number of rotatable bonds is 4. The molecule has 3 aromatic carbocycles. The number of benzene rings is 3. The summed E-state index contributed by atoms with van der Waals surface area (Å²) < 4.78 is 28.5. The van der Waals surface area contributed by atoms with Crippen molar-refractivity contribution >= 4 is 54.2 Å². The molecule has 1 aliphatic rings. The standard InChI is InChI=1S/C21H17BrClNO3S/c22-13-21(12-11-16-17(21)8-4-9-18(16)23)20(25)24-28(26,27)19-10-3-6-14-5-1-2-7-15(14)19/h1-10H,11-13H2,(H,24,25). The molecule has 0 saturated heterocycles. The van der Waals surface area contributed by atoms with Crippen LogP contribution in [0.1, 0.15) is 17.5 Å². The van der Waals surface area contributed by atoms with Gasteiger partial charge in [-0.1, -0.05) is 76.1 Å². The Kier molecular flexibility index (Phi) is 4.98. The first-order valence-corrected chi connectivity index (χ1v) is 11.8. The molecular formula is C21H17BrClNO3S. The Balaban J connectivity index is 1.75. The van der Waals surface area contributed by atoms with Gasteiger partial charge in [0.2, 0.25) is 5.91 Å². The fourth-order valence-corrected chi connectivity index (χ4v) is 6.26. The summed E-state index contributed by atoms with van der Waals surface area (Å²) in [6.07, 6.45) is 1.12. The van der Waals surface area contributed by atoms with E-state index in [9.17, 15) is 13.2 Å². The summed E-state index contributed by atoms with van der Waals surface area (Å²) in [5.41, 5.74) is 0.710. The van der Waals surface area contributed by atoms with Crippen LogP contribution in [0.5, 0.6) is 0 Å². The molecule has 4 nitrogen and oxygen atoms in total. The molecule has 28 heavy (non-hydrogen) atoms. The number of fused-ring (bicyclic) bond motifs is 2. The lowest BCUT2D eigenvalue weighted by atomic mass is 9.83. The van der Waals surface area contributed by atoms with Gasteiger partial charge in [0.1, 0.15) is 0 Å². The fourth-order valence-electron chi connectivity index (χ4n) is 3.87. The lowest BCUT2D eigenvalue weighted by Gasteiger charge is -2.27. The minimum Gasteiger partial charge on any atom is -0.273 e. The molecule has 0 radical (unpaired) electrons. The van der Waals surface area contributed by atoms with Crippen molar-refractivity contribution in [2.24, 2.45) is 0 Å². The van der Waals surface area contributed by atoms with Gasteiger partial charge < -0.3 is 0 Å². The molecule has 1 atom stereocenters. The van der Waals surface area contributed by atoms with Gasteiger partial charge in [0, 0.05) is 15.7 Å². The number of hydrogen-bond acceptors (Lipinski definition) is 3. The van der Waals surface area contributed by atoms with Crippen molar-refractivity contribution in [3.05, 3.63) is 76.8 Å². The van der Waals surface area contributed by atoms with Crippen LogP contribution in [0.25, 0.3) is 10.8 Å². The van der Waals surface area contributed by atoms with Crippen molar-refractivity contribution < 1.29 is 13.2 Å². The predicted molar refractivity (Wildman–Crippen MR) is 115 cm³/mol. The lowest BCUT2D eigenvalue weighted by molar-refractivity contribution is -0.124. The molecule has 0 aliphatic heterocycles. The van der Waals surface area contributed by atoms with Gasteiger partial charge in [0.05, 0.1) is 10.3 Å². The molecule has 0 fully saturated rings. The normalized spacial score (nSPS) is 18.8. The van der Waals surface area contributed by atoms with Gasteiger partial charge in [-0.25, -0.2) is 13.1 Å². The number of carbonyl (C=O) groups is 1. The zero-order chi connectivity index (χ0) is 19.9. The number of amides is 1. The molecule has 0 bridgehead atoms. The van der Waals surface area contributed by atoms with Gasteiger partial charge in [0.25, 0.3) is 10.0 Å². The first-order chi connectivity index (χ1) is 13.4. The van der Waals surface area contributed by atoms with Crippen molar-refractivity contribution in [2.75, 3.05) is 5.33 Å². The maximum Gasteiger partial charge on any atom is 0.264 e. The Morgan fingerprint density at radius 1 is 1.07 bits per heavy atom. The molecule has 4 rings (SSSR count). The van der Waals surface area contributed by atoms with Crippen LogP contribution in [-0.4, -0.2) is 19.7 Å². The van der Waals surface area contributed by atoms with Crippen LogP contribution in [0.15, 0.2) is 65.6 Å². The van der Waals surface area contributed by atoms with Crippen molar-refractivity contribution in [2.45, 2.75) is 23.2 Å². The van der Waals surface area contributed by atoms with E-state index in [-0.39, 0.29) is 4.90 Å². The monoisotopic (exact) mass is 477 g/mol. The zero-order valence-corrected chi connectivity index (χ0v) is 17.9. The Labute approximate surface area is 177 Å². The topological polar surface area (TPSA) is 63.2 Å². The molecular weight excluding hydrogens is 462 g/mol. The molecule has 0 heterocycles. The van der Waals surface area contributed by atoms with Crippen LogP contribution in [0.4, 0.5) is 0 Å². The van der Waals surface area contributed by atoms with E-state index in [1.165, 1.54) is 6.07 Å². The van der Waals surface area contributed by atoms with Crippen LogP contribution in [0.3, 0.4) is 0 Å². The minimum absolute atomic E-state index is 0.0907. The van der Waals surface area contributed by atoms with E-state index in [1.54, 1.807) is 30.3 Å². The predicted octanol–water partition coefficient (Wildman–Crippen LogP) is 4.58. The summed E-state index contributed by atoms with van der Waals surface area (Å²) >= 11 is 9.72. The third kappa shape index (κ3) is 3.04. The highest BCUT2D eigenvalue weighted by Crippen LogP contribution is 2.43. The number of carbonyl (C=O) groups excluding carboxylic acids is 1. The summed E-state index contributed by atoms with van der Waals surface area (Å²) in [7, 11) is -4.04. The van der Waals surface area contributed by atoms with Crippen molar-refractivity contribution in [1.82, 2.24) is 4.72 Å². The first-order valence-electron chi connectivity index (χ1n) is 8.78. The highest BCUT2D eigenvalue weighted by molar-refractivity contribution is 9.09. The summed E-state index contributed by atoms with van der Waals surface area (Å²) in [5.74, 6) is -0.543. The molecule has 3 aromatic rings. The largest absolute Gasteiger partial charge is 0.273 e. The van der Waals surface area contributed by atoms with E-state index in [4.69, 9.17) is 11.6 Å². The lowest BCUT2D eigenvalue weighted by Crippen LogP contribution is -2.46. The quantitative estimate of drug-likeness (QED) is 0.558. The zero-order valence-electron chi connectivity index (χ0n) is 14.8. The molecule has 144 valence electrons. The molecule has 0 saturated carbocycles. The van der Waals surface area contributed by atoms with E-state index >= 15 is 0 Å². The van der Waals surface area contributed by atoms with Crippen molar-refractivity contribution in [1.29, 1.82) is 0 Å². The summed E-state index contributed by atoms with van der Waals surface area (Å²) in [6, 6.07) is 17.6. The number of halogens is 2. The van der Waals surface area contributed by atoms with E-state index in [1.807, 2.05) is 24.3 Å². The minimum atomic E-state index is -4.04. The number of sulfonamides is 1. The average Bonchev–Trinajstić information content (AvgIpc) is 3.08. The van der Waals surface area contributed by atoms with Crippen molar-refractivity contribution in [3.8, 4) is 0 Å². The van der Waals surface area contributed by atoms with Gasteiger partial charge in [0.15, 0.2) is 0 Å². The maximum atomic E-state index is 13.2. The second kappa shape index (κ2) is 7.17. The molecule has 0 spiro atoms. The van der Waals surface area contributed by atoms with Crippen LogP contribution in [0, 0.1) is 0 Å². The maximum absolute atomic E-state index is 13.2. The van der Waals surface area contributed by atoms with Crippen molar-refractivity contribution in [3.63, 3.8) is 0 Å². The highest BCUT2D eigenvalue weighted by atomic mass is 79.9. The van der Waals surface area contributed by atoms with Crippen LogP contribution >= 0.6 is 27.5 Å². The second-order valence-electron chi connectivity index (χ2n) is 6.89. The number of hydrogen-bond donors (Lipinski definition) is 1. The SMILES string of the molecule is O=C(NS(=O)(=O)c1cccc2ccccc12)C1(CBr)CCc2c(Cl)cccc21. The second-order valence-corrected chi connectivity index (χ2v) is 9.51. The third-order valence-electron chi connectivity index (χ3n) is 5.37. The van der Waals surface area contributed by atoms with Gasteiger partial charge >= 0.3 is 0 Å². The summed E-state index contributed by atoms with van der Waals surface area (Å²) in [5, 5.41) is 2.29. The average molecular weight is 479 g/mol. The first kappa shape index (κ1) is 19.4. The van der Waals surface area contributed by atoms with Crippen LogP contribution < -0.4 is 4.72 Å². The third-order valence-corrected chi connectivity index (χ3v) is 8.07. The van der Waals surface area contributed by atoms with E-state index in [2.05, 4.69) is 20.7 Å². The number of alkyl halides is 1. The van der Waals surface area contributed by atoms with Crippen LogP contribution in [-0.2, 0) is 26.7 Å². The summed E-state index contributed by atoms with van der Waals surface area (Å²) in [4.78, 5) is 13.3. The van der Waals surface area contributed by atoms with Crippen LogP contribution in [0.2, 0.25) is 5.02 Å². The Bertz CT molecular complexity index is 1190. The fraction of sp³-hybridized carbons (Fsp3) is 0.190. The van der Waals surface area contributed by atoms with Gasteiger partial charge in [-0.3, -0.25) is 4.79 Å². The van der Waals surface area contributed by atoms with E-state index < -0.39 is 21.3 Å². The molecule has 0 aromatic heterocycles. The molecule has 1 N–H and O–H groups in total. The summed E-state index contributed by atoms with van der Waals surface area (Å²) in [6.45, 7) is 0. The Morgan fingerprint density at radius 2 is 1.79 bits per heavy atom. The van der Waals surface area contributed by atoms with Gasteiger partial charge in [-0.05, 0) is 41.5 Å². The van der Waals surface area contributed by atoms with Gasteiger partial charge in [-0.2, -0.15) is 0 Å². The van der Waals surface area contributed by atoms with Gasteiger partial charge in [-0.15, -0.1) is 0 Å². The van der Waals surface area contributed by atoms with E-state index in [0.717, 1.165) is 16.5 Å².